The molecule has 0 unspecified atom stereocenters. The van der Waals surface area contributed by atoms with Crippen molar-refractivity contribution >= 4 is 34.1 Å². The van der Waals surface area contributed by atoms with Crippen LogP contribution in [0.5, 0.6) is 5.75 Å². The number of carbonyl (C=O) groups excluding carboxylic acids is 2. The molecule has 1 saturated carbocycles. The Labute approximate surface area is 219 Å². The Balaban J connectivity index is 1.58. The van der Waals surface area contributed by atoms with Crippen molar-refractivity contribution in [3.63, 3.8) is 0 Å². The van der Waals surface area contributed by atoms with Crippen molar-refractivity contribution in [3.8, 4) is 17.0 Å². The minimum atomic E-state index is -0.660. The smallest absolute Gasteiger partial charge is 0.325 e. The van der Waals surface area contributed by atoms with Crippen LogP contribution in [0.25, 0.3) is 11.3 Å². The summed E-state index contributed by atoms with van der Waals surface area (Å²) in [6.07, 6.45) is 2.28. The fourth-order valence-corrected chi connectivity index (χ4v) is 5.31. The lowest BCUT2D eigenvalue weighted by atomic mass is 10.1. The molecule has 7 nitrogen and oxygen atoms in total. The van der Waals surface area contributed by atoms with Crippen LogP contribution in [0.3, 0.4) is 0 Å². The van der Waals surface area contributed by atoms with Gasteiger partial charge in [0.2, 0.25) is 0 Å². The highest BCUT2D eigenvalue weighted by molar-refractivity contribution is 7.18. The summed E-state index contributed by atoms with van der Waals surface area (Å²) < 4.78 is 5.56. The number of hydrogen-bond donors (Lipinski definition) is 2. The minimum Gasteiger partial charge on any atom is -0.496 e. The van der Waals surface area contributed by atoms with Gasteiger partial charge in [-0.15, -0.1) is 0 Å². The number of rotatable bonds is 8. The van der Waals surface area contributed by atoms with Crippen molar-refractivity contribution in [1.82, 2.24) is 10.3 Å². The van der Waals surface area contributed by atoms with Gasteiger partial charge in [-0.25, -0.2) is 14.7 Å². The lowest BCUT2D eigenvalue weighted by Gasteiger charge is -2.20. The number of methoxy groups -OCH3 is 1. The van der Waals surface area contributed by atoms with Crippen LogP contribution < -0.4 is 20.7 Å². The molecule has 1 aliphatic rings. The molecule has 188 valence electrons. The number of nitrogens with zero attached hydrogens (tertiary/aromatic N) is 2. The molecule has 0 saturated heterocycles. The first-order valence-electron chi connectivity index (χ1n) is 12.1. The van der Waals surface area contributed by atoms with Gasteiger partial charge in [0, 0.05) is 12.1 Å². The fraction of sp³-hybridized carbons (Fsp3) is 0.207. The Hall–Kier alpha value is -4.17. The van der Waals surface area contributed by atoms with Crippen molar-refractivity contribution in [2.45, 2.75) is 32.2 Å². The van der Waals surface area contributed by atoms with Crippen LogP contribution >= 0.6 is 11.3 Å². The van der Waals surface area contributed by atoms with Crippen molar-refractivity contribution < 1.29 is 14.3 Å². The number of benzene rings is 3. The molecule has 5 rings (SSSR count). The summed E-state index contributed by atoms with van der Waals surface area (Å²) >= 11 is 1.13. The molecule has 3 amide bonds. The molecule has 37 heavy (non-hydrogen) atoms. The second-order valence-electron chi connectivity index (χ2n) is 9.04. The van der Waals surface area contributed by atoms with E-state index in [0.717, 1.165) is 35.3 Å². The summed E-state index contributed by atoms with van der Waals surface area (Å²) in [7, 11) is 1.57. The van der Waals surface area contributed by atoms with E-state index in [-0.39, 0.29) is 5.91 Å². The highest BCUT2D eigenvalue weighted by atomic mass is 32.1. The van der Waals surface area contributed by atoms with E-state index in [4.69, 9.17) is 15.5 Å². The molecule has 1 fully saturated rings. The van der Waals surface area contributed by atoms with Crippen LogP contribution in [0.1, 0.15) is 45.1 Å². The van der Waals surface area contributed by atoms with Gasteiger partial charge in [-0.2, -0.15) is 0 Å². The van der Waals surface area contributed by atoms with E-state index in [2.05, 4.69) is 11.4 Å². The number of thiazole rings is 1. The summed E-state index contributed by atoms with van der Waals surface area (Å²) in [5, 5.41) is 3.31. The van der Waals surface area contributed by atoms with Crippen LogP contribution in [0, 0.1) is 6.92 Å². The lowest BCUT2D eigenvalue weighted by molar-refractivity contribution is 0.0955. The van der Waals surface area contributed by atoms with Gasteiger partial charge in [0.1, 0.15) is 16.3 Å². The quantitative estimate of drug-likeness (QED) is 0.296. The van der Waals surface area contributed by atoms with Gasteiger partial charge in [0.25, 0.3) is 5.91 Å². The van der Waals surface area contributed by atoms with E-state index in [1.165, 1.54) is 10.5 Å². The molecule has 0 bridgehead atoms. The monoisotopic (exact) mass is 512 g/mol. The molecule has 0 atom stereocenters. The van der Waals surface area contributed by atoms with Crippen molar-refractivity contribution in [2.75, 3.05) is 12.0 Å². The lowest BCUT2D eigenvalue weighted by Crippen LogP contribution is -2.32. The molecule has 0 radical (unpaired) electrons. The largest absolute Gasteiger partial charge is 0.496 e. The van der Waals surface area contributed by atoms with Gasteiger partial charge in [-0.05, 0) is 60.6 Å². The summed E-state index contributed by atoms with van der Waals surface area (Å²) in [5.41, 5.74) is 10.7. The number of urea groups is 1. The molecular weight excluding hydrogens is 484 g/mol. The van der Waals surface area contributed by atoms with Crippen molar-refractivity contribution in [1.29, 1.82) is 0 Å². The molecule has 1 aromatic heterocycles. The van der Waals surface area contributed by atoms with Crippen LogP contribution in [0.15, 0.2) is 72.8 Å². The van der Waals surface area contributed by atoms with Crippen LogP contribution in [0.2, 0.25) is 0 Å². The number of aryl methyl sites for hydroxylation is 1. The maximum atomic E-state index is 13.5. The number of primary amides is 1. The zero-order valence-electron chi connectivity index (χ0n) is 20.7. The average Bonchev–Trinajstić information content (AvgIpc) is 3.68. The van der Waals surface area contributed by atoms with E-state index < -0.39 is 6.03 Å². The van der Waals surface area contributed by atoms with Crippen LogP contribution in [-0.4, -0.2) is 24.0 Å². The Morgan fingerprint density at radius 2 is 1.81 bits per heavy atom. The summed E-state index contributed by atoms with van der Waals surface area (Å²) in [5.74, 6) is 0.796. The second kappa shape index (κ2) is 10.4. The average molecular weight is 513 g/mol. The number of aromatic nitrogens is 1. The maximum absolute atomic E-state index is 13.5. The first-order valence-corrected chi connectivity index (χ1v) is 12.9. The van der Waals surface area contributed by atoms with Gasteiger partial charge in [0.05, 0.1) is 12.8 Å². The number of carbonyl (C=O) groups is 2. The van der Waals surface area contributed by atoms with Gasteiger partial charge >= 0.3 is 6.03 Å². The Kier molecular flexibility index (Phi) is 6.92. The number of anilines is 2. The summed E-state index contributed by atoms with van der Waals surface area (Å²) in [6, 6.07) is 22.5. The highest BCUT2D eigenvalue weighted by Gasteiger charge is 2.29. The third-order valence-electron chi connectivity index (χ3n) is 6.41. The fourth-order valence-electron chi connectivity index (χ4n) is 4.29. The second-order valence-corrected chi connectivity index (χ2v) is 10.0. The number of ether oxygens (including phenoxy) is 1. The predicted molar refractivity (Wildman–Crippen MR) is 147 cm³/mol. The van der Waals surface area contributed by atoms with Crippen molar-refractivity contribution in [2.24, 2.45) is 5.73 Å². The summed E-state index contributed by atoms with van der Waals surface area (Å²) in [6.45, 7) is 2.30. The molecule has 0 spiro atoms. The van der Waals surface area contributed by atoms with Crippen LogP contribution in [0.4, 0.5) is 15.6 Å². The molecule has 1 heterocycles. The van der Waals surface area contributed by atoms with Gasteiger partial charge in [0.15, 0.2) is 5.13 Å². The maximum Gasteiger partial charge on any atom is 0.325 e. The molecular formula is C29H28N4O3S. The zero-order valence-corrected chi connectivity index (χ0v) is 21.5. The van der Waals surface area contributed by atoms with E-state index in [9.17, 15) is 9.59 Å². The number of nitrogens with two attached hydrogens (primary N) is 1. The van der Waals surface area contributed by atoms with E-state index >= 15 is 0 Å². The number of amides is 3. The van der Waals surface area contributed by atoms with Gasteiger partial charge < -0.3 is 15.8 Å². The molecule has 3 aromatic carbocycles. The molecule has 3 N–H and O–H groups in total. The normalized spacial score (nSPS) is 12.7. The minimum absolute atomic E-state index is 0.290. The van der Waals surface area contributed by atoms with E-state index in [0.29, 0.717) is 45.2 Å². The first-order chi connectivity index (χ1) is 18.0. The standard InChI is InChI=1S/C29H28N4O3S/c1-18-12-13-21(20-14-15-20)16-23(18)33(28(30)35)29-32-25(22-10-6-7-11-24(22)36-2)26(37-29)27(34)31-17-19-8-4-3-5-9-19/h3-13,16,20H,14-15,17H2,1-2H3,(H2,30,35)(H,31,34). The van der Waals surface area contributed by atoms with Crippen molar-refractivity contribution in [3.05, 3.63) is 94.4 Å². The highest BCUT2D eigenvalue weighted by Crippen LogP contribution is 2.44. The Morgan fingerprint density at radius 3 is 2.51 bits per heavy atom. The number of para-hydroxylation sites is 1. The number of hydrogen-bond acceptors (Lipinski definition) is 5. The number of nitrogens with one attached hydrogen (secondary N) is 1. The van der Waals surface area contributed by atoms with Crippen LogP contribution in [-0.2, 0) is 6.54 Å². The Bertz CT molecular complexity index is 1450. The third kappa shape index (κ3) is 5.20. The third-order valence-corrected chi connectivity index (χ3v) is 7.45. The SMILES string of the molecule is COc1ccccc1-c1nc(N(C(N)=O)c2cc(C3CC3)ccc2C)sc1C(=O)NCc1ccccc1. The molecule has 4 aromatic rings. The van der Waals surface area contributed by atoms with Gasteiger partial charge in [-0.1, -0.05) is 65.9 Å². The Morgan fingerprint density at radius 1 is 1.08 bits per heavy atom. The zero-order chi connectivity index (χ0) is 25.9. The molecule has 8 heteroatoms. The predicted octanol–water partition coefficient (Wildman–Crippen LogP) is 6.15. The molecule has 0 aliphatic heterocycles. The topological polar surface area (TPSA) is 97.5 Å². The molecule has 1 aliphatic carbocycles. The van der Waals surface area contributed by atoms with E-state index in [1.54, 1.807) is 7.11 Å². The van der Waals surface area contributed by atoms with E-state index in [1.807, 2.05) is 73.7 Å². The first kappa shape index (κ1) is 24.5. The van der Waals surface area contributed by atoms with Gasteiger partial charge in [-0.3, -0.25) is 4.79 Å². The summed E-state index contributed by atoms with van der Waals surface area (Å²) in [4.78, 5) is 32.8.